The zero-order chi connectivity index (χ0) is 29.2. The second-order valence-electron chi connectivity index (χ2n) is 11.1. The third-order valence-electron chi connectivity index (χ3n) is 8.24. The van der Waals surface area contributed by atoms with Crippen LogP contribution in [-0.2, 0) is 27.3 Å². The Balaban J connectivity index is 1.36. The van der Waals surface area contributed by atoms with Crippen molar-refractivity contribution in [3.05, 3.63) is 89.5 Å². The lowest BCUT2D eigenvalue weighted by Gasteiger charge is -2.55. The molecule has 4 atom stereocenters. The Morgan fingerprint density at radius 3 is 2.60 bits per heavy atom. The van der Waals surface area contributed by atoms with E-state index >= 15 is 0 Å². The van der Waals surface area contributed by atoms with E-state index in [1.165, 1.54) is 0 Å². The number of carbonyl (C=O) groups excluding carboxylic acids is 3. The number of piperazine rings is 1. The smallest absolute Gasteiger partial charge is 0.246 e. The second kappa shape index (κ2) is 12.1. The molecule has 9 nitrogen and oxygen atoms in total. The quantitative estimate of drug-likeness (QED) is 0.511. The number of carbonyl (C=O) groups is 3. The number of phenols is 1. The lowest BCUT2D eigenvalue weighted by Crippen LogP contribution is -2.76. The molecule has 0 saturated carbocycles. The van der Waals surface area contributed by atoms with Crippen molar-refractivity contribution in [2.45, 2.75) is 56.2 Å². The molecule has 2 fully saturated rings. The number of rotatable bonds is 8. The fourth-order valence-electron chi connectivity index (χ4n) is 6.25. The predicted molar refractivity (Wildman–Crippen MR) is 162 cm³/mol. The standard InChI is InChI=1S/C32H35N5O4S/c1-2-7-29(39)37-28-19-34(18-24-10-6-11-27-31(24)33-21-42-27)32(41)26(16-22-12-14-25(38)15-13-22)36(28)30(40)20-35(37)17-23-8-4-3-5-9-23/h3-6,8-15,21,26-28,31,38H,2,7,16-20H2,1H3. The van der Waals surface area contributed by atoms with Crippen LogP contribution in [-0.4, -0.2) is 91.3 Å². The van der Waals surface area contributed by atoms with Gasteiger partial charge in [-0.2, -0.15) is 0 Å². The number of thioether (sulfide) groups is 1. The van der Waals surface area contributed by atoms with Crippen LogP contribution < -0.4 is 0 Å². The first-order valence-electron chi connectivity index (χ1n) is 14.5. The minimum absolute atomic E-state index is 0.00580. The minimum atomic E-state index is -0.784. The fourth-order valence-corrected chi connectivity index (χ4v) is 7.17. The molecule has 3 aliphatic heterocycles. The van der Waals surface area contributed by atoms with Crippen LogP contribution in [0.1, 0.15) is 30.9 Å². The van der Waals surface area contributed by atoms with Crippen molar-refractivity contribution >= 4 is 35.0 Å². The molecular weight excluding hydrogens is 550 g/mol. The Hall–Kier alpha value is -3.89. The van der Waals surface area contributed by atoms with E-state index in [1.807, 2.05) is 60.0 Å². The lowest BCUT2D eigenvalue weighted by atomic mass is 9.95. The van der Waals surface area contributed by atoms with Crippen molar-refractivity contribution in [1.29, 1.82) is 0 Å². The molecule has 0 aromatic heterocycles. The van der Waals surface area contributed by atoms with Gasteiger partial charge in [-0.25, -0.2) is 10.0 Å². The summed E-state index contributed by atoms with van der Waals surface area (Å²) in [6.45, 7) is 2.98. The van der Waals surface area contributed by atoms with E-state index in [9.17, 15) is 19.5 Å². The molecule has 2 saturated heterocycles. The summed E-state index contributed by atoms with van der Waals surface area (Å²) in [4.78, 5) is 50.0. The van der Waals surface area contributed by atoms with Crippen molar-refractivity contribution < 1.29 is 19.5 Å². The summed E-state index contributed by atoms with van der Waals surface area (Å²) in [6.07, 6.45) is 6.85. The molecule has 2 aromatic carbocycles. The SMILES string of the molecule is CCCC(=O)N1C2CN(CC3=CC=CC4SC=NC34)C(=O)C(Cc3ccc(O)cc3)N2C(=O)CN1Cc1ccccc1. The number of benzene rings is 2. The fraction of sp³-hybridized carbons (Fsp3) is 0.375. The van der Waals surface area contributed by atoms with E-state index in [0.717, 1.165) is 16.7 Å². The number of phenolic OH excluding ortho intramolecular Hbond substituents is 1. The maximum atomic E-state index is 14.2. The van der Waals surface area contributed by atoms with Crippen molar-refractivity contribution in [3.63, 3.8) is 0 Å². The van der Waals surface area contributed by atoms with Crippen molar-refractivity contribution in [1.82, 2.24) is 19.8 Å². The van der Waals surface area contributed by atoms with Gasteiger partial charge in [-0.05, 0) is 35.3 Å². The number of aliphatic imine (C=N–C) groups is 1. The summed E-state index contributed by atoms with van der Waals surface area (Å²) in [7, 11) is 0. The molecule has 3 heterocycles. The predicted octanol–water partition coefficient (Wildman–Crippen LogP) is 3.37. The topological polar surface area (TPSA) is 96.8 Å². The third-order valence-corrected chi connectivity index (χ3v) is 9.21. The first-order chi connectivity index (χ1) is 20.4. The van der Waals surface area contributed by atoms with Crippen molar-refractivity contribution in [3.8, 4) is 5.75 Å². The van der Waals surface area contributed by atoms with Crippen LogP contribution in [0.15, 0.2) is 83.4 Å². The van der Waals surface area contributed by atoms with Crippen LogP contribution in [0.3, 0.4) is 0 Å². The van der Waals surface area contributed by atoms with Gasteiger partial charge in [0.1, 0.15) is 18.0 Å². The van der Waals surface area contributed by atoms with Crippen LogP contribution in [0.5, 0.6) is 5.75 Å². The van der Waals surface area contributed by atoms with E-state index < -0.39 is 12.2 Å². The molecule has 4 unspecified atom stereocenters. The summed E-state index contributed by atoms with van der Waals surface area (Å²) in [6, 6.07) is 15.7. The van der Waals surface area contributed by atoms with Gasteiger partial charge in [0.2, 0.25) is 17.7 Å². The largest absolute Gasteiger partial charge is 0.508 e. The van der Waals surface area contributed by atoms with Crippen LogP contribution in [0.4, 0.5) is 0 Å². The van der Waals surface area contributed by atoms with Crippen molar-refractivity contribution in [2.75, 3.05) is 19.6 Å². The molecule has 4 aliphatic rings. The highest BCUT2D eigenvalue weighted by Crippen LogP contribution is 2.34. The van der Waals surface area contributed by atoms with Gasteiger partial charge in [-0.15, -0.1) is 11.8 Å². The van der Waals surface area contributed by atoms with Crippen LogP contribution in [0, 0.1) is 0 Å². The minimum Gasteiger partial charge on any atom is -0.508 e. The maximum absolute atomic E-state index is 14.2. The Morgan fingerprint density at radius 1 is 1.05 bits per heavy atom. The molecular formula is C32H35N5O4S. The molecule has 218 valence electrons. The van der Waals surface area contributed by atoms with Gasteiger partial charge in [0.05, 0.1) is 29.9 Å². The van der Waals surface area contributed by atoms with Gasteiger partial charge in [0, 0.05) is 25.9 Å². The Labute approximate surface area is 250 Å². The first kappa shape index (κ1) is 28.2. The molecule has 0 spiro atoms. The molecule has 0 bridgehead atoms. The Kier molecular flexibility index (Phi) is 8.17. The number of allylic oxidation sites excluding steroid dienone is 2. The average molecular weight is 586 g/mol. The molecule has 0 radical (unpaired) electrons. The van der Waals surface area contributed by atoms with Gasteiger partial charge >= 0.3 is 0 Å². The van der Waals surface area contributed by atoms with Crippen molar-refractivity contribution in [2.24, 2.45) is 4.99 Å². The molecule has 2 aromatic rings. The highest BCUT2D eigenvalue weighted by Gasteiger charge is 2.51. The summed E-state index contributed by atoms with van der Waals surface area (Å²) in [5.41, 5.74) is 4.75. The first-order valence-corrected chi connectivity index (χ1v) is 15.4. The van der Waals surface area contributed by atoms with Gasteiger partial charge in [0.15, 0.2) is 0 Å². The summed E-state index contributed by atoms with van der Waals surface area (Å²) in [5.74, 6) is -0.249. The van der Waals surface area contributed by atoms with Crippen LogP contribution in [0.2, 0.25) is 0 Å². The number of hydrazine groups is 1. The van der Waals surface area contributed by atoms with E-state index in [1.54, 1.807) is 50.8 Å². The number of fused-ring (bicyclic) bond motifs is 2. The summed E-state index contributed by atoms with van der Waals surface area (Å²) in [5, 5.41) is 13.6. The Morgan fingerprint density at radius 2 is 1.83 bits per heavy atom. The average Bonchev–Trinajstić information content (AvgIpc) is 3.47. The molecule has 10 heteroatoms. The molecule has 6 rings (SSSR count). The number of hydrogen-bond donors (Lipinski definition) is 1. The highest BCUT2D eigenvalue weighted by atomic mass is 32.2. The molecule has 1 N–H and O–H groups in total. The maximum Gasteiger partial charge on any atom is 0.246 e. The monoisotopic (exact) mass is 585 g/mol. The number of aromatic hydroxyl groups is 1. The van der Waals surface area contributed by atoms with E-state index in [2.05, 4.69) is 11.1 Å². The molecule has 42 heavy (non-hydrogen) atoms. The summed E-state index contributed by atoms with van der Waals surface area (Å²) < 4.78 is 0. The molecule has 1 aliphatic carbocycles. The Bertz CT molecular complexity index is 1430. The van der Waals surface area contributed by atoms with E-state index in [0.29, 0.717) is 25.9 Å². The van der Waals surface area contributed by atoms with Crippen LogP contribution >= 0.6 is 11.8 Å². The zero-order valence-electron chi connectivity index (χ0n) is 23.6. The van der Waals surface area contributed by atoms with E-state index in [-0.39, 0.29) is 54.3 Å². The number of nitrogens with zero attached hydrogens (tertiary/aromatic N) is 5. The van der Waals surface area contributed by atoms with Gasteiger partial charge in [0.25, 0.3) is 0 Å². The highest BCUT2D eigenvalue weighted by molar-refractivity contribution is 8.13. The van der Waals surface area contributed by atoms with Gasteiger partial charge < -0.3 is 14.9 Å². The van der Waals surface area contributed by atoms with Gasteiger partial charge in [-0.1, -0.05) is 67.6 Å². The number of amides is 3. The van der Waals surface area contributed by atoms with Crippen LogP contribution in [0.25, 0.3) is 0 Å². The zero-order valence-corrected chi connectivity index (χ0v) is 24.4. The second-order valence-corrected chi connectivity index (χ2v) is 12.1. The number of hydrogen-bond acceptors (Lipinski definition) is 7. The lowest BCUT2D eigenvalue weighted by molar-refractivity contribution is -0.208. The normalized spacial score (nSPS) is 25.5. The third kappa shape index (κ3) is 5.61. The van der Waals surface area contributed by atoms with E-state index in [4.69, 9.17) is 0 Å². The molecule has 3 amide bonds. The van der Waals surface area contributed by atoms with Gasteiger partial charge in [-0.3, -0.25) is 19.4 Å². The summed E-state index contributed by atoms with van der Waals surface area (Å²) >= 11 is 1.67.